The van der Waals surface area contributed by atoms with E-state index in [4.69, 9.17) is 4.74 Å². The maximum atomic E-state index is 5.82. The van der Waals surface area contributed by atoms with Crippen LogP contribution < -0.4 is 10.1 Å². The van der Waals surface area contributed by atoms with Gasteiger partial charge in [0.05, 0.1) is 16.4 Å². The van der Waals surface area contributed by atoms with Gasteiger partial charge >= 0.3 is 0 Å². The molecule has 2 rings (SSSR count). The van der Waals surface area contributed by atoms with Gasteiger partial charge in [0, 0.05) is 10.4 Å². The Morgan fingerprint density at radius 2 is 2.00 bits per heavy atom. The summed E-state index contributed by atoms with van der Waals surface area (Å²) in [6, 6.07) is 10.7. The first-order valence-electron chi connectivity index (χ1n) is 7.38. The fourth-order valence-electron chi connectivity index (χ4n) is 2.43. The summed E-state index contributed by atoms with van der Waals surface area (Å²) < 4.78 is 6.99. The summed E-state index contributed by atoms with van der Waals surface area (Å²) >= 11 is 5.38. The summed E-state index contributed by atoms with van der Waals surface area (Å²) in [6.07, 6.45) is 1.11. The molecule has 0 bridgehead atoms. The first-order chi connectivity index (χ1) is 10.2. The predicted molar refractivity (Wildman–Crippen MR) is 94.5 cm³/mol. The van der Waals surface area contributed by atoms with Gasteiger partial charge in [-0.3, -0.25) is 0 Å². The lowest BCUT2D eigenvalue weighted by Gasteiger charge is -2.22. The van der Waals surface area contributed by atoms with Crippen LogP contribution in [-0.2, 0) is 0 Å². The molecule has 114 valence electrons. The maximum Gasteiger partial charge on any atom is 0.124 e. The standard InChI is InChI=1S/C17H22BrNOS/c1-4-10-19-17(14-11-16(18)21-12(14)3)13-8-6-7-9-15(13)20-5-2/h6-9,11,17,19H,4-5,10H2,1-3H3. The van der Waals surface area contributed by atoms with Gasteiger partial charge in [0.15, 0.2) is 0 Å². The van der Waals surface area contributed by atoms with Crippen molar-refractivity contribution in [3.05, 3.63) is 50.1 Å². The van der Waals surface area contributed by atoms with Crippen LogP contribution in [0, 0.1) is 6.92 Å². The van der Waals surface area contributed by atoms with Crippen molar-refractivity contribution >= 4 is 27.3 Å². The van der Waals surface area contributed by atoms with Crippen molar-refractivity contribution in [1.29, 1.82) is 0 Å². The van der Waals surface area contributed by atoms with Crippen molar-refractivity contribution in [3.63, 3.8) is 0 Å². The number of hydrogen-bond acceptors (Lipinski definition) is 3. The summed E-state index contributed by atoms with van der Waals surface area (Å²) in [5.41, 5.74) is 2.54. The topological polar surface area (TPSA) is 21.3 Å². The van der Waals surface area contributed by atoms with Crippen LogP contribution in [-0.4, -0.2) is 13.2 Å². The Labute approximate surface area is 139 Å². The summed E-state index contributed by atoms with van der Waals surface area (Å²) in [6.45, 7) is 8.06. The van der Waals surface area contributed by atoms with Gasteiger partial charge in [0.25, 0.3) is 0 Å². The number of nitrogens with one attached hydrogen (secondary N) is 1. The normalized spacial score (nSPS) is 12.4. The van der Waals surface area contributed by atoms with Crippen LogP contribution in [0.3, 0.4) is 0 Å². The minimum absolute atomic E-state index is 0.176. The number of halogens is 1. The van der Waals surface area contributed by atoms with E-state index >= 15 is 0 Å². The van der Waals surface area contributed by atoms with E-state index in [9.17, 15) is 0 Å². The zero-order valence-electron chi connectivity index (χ0n) is 12.8. The van der Waals surface area contributed by atoms with Crippen LogP contribution >= 0.6 is 27.3 Å². The monoisotopic (exact) mass is 367 g/mol. The second kappa shape index (κ2) is 7.97. The molecule has 1 N–H and O–H groups in total. The molecule has 21 heavy (non-hydrogen) atoms. The third-order valence-electron chi connectivity index (χ3n) is 3.37. The highest BCUT2D eigenvalue weighted by Gasteiger charge is 2.21. The zero-order chi connectivity index (χ0) is 15.2. The lowest BCUT2D eigenvalue weighted by Crippen LogP contribution is -2.24. The van der Waals surface area contributed by atoms with Gasteiger partial charge < -0.3 is 10.1 Å². The maximum absolute atomic E-state index is 5.82. The zero-order valence-corrected chi connectivity index (χ0v) is 15.2. The minimum atomic E-state index is 0.176. The second-order valence-corrected chi connectivity index (χ2v) is 7.56. The van der Waals surface area contributed by atoms with Gasteiger partial charge in [-0.1, -0.05) is 25.1 Å². The van der Waals surface area contributed by atoms with Crippen molar-refractivity contribution in [2.75, 3.05) is 13.2 Å². The Kier molecular flexibility index (Phi) is 6.27. The molecule has 0 fully saturated rings. The van der Waals surface area contributed by atoms with Gasteiger partial charge in [-0.15, -0.1) is 11.3 Å². The summed E-state index contributed by atoms with van der Waals surface area (Å²) in [5.74, 6) is 0.968. The molecule has 1 aromatic heterocycles. The number of para-hydroxylation sites is 1. The molecule has 2 nitrogen and oxygen atoms in total. The number of hydrogen-bond donors (Lipinski definition) is 1. The highest BCUT2D eigenvalue weighted by Crippen LogP contribution is 2.36. The molecule has 0 radical (unpaired) electrons. The van der Waals surface area contributed by atoms with E-state index in [1.165, 1.54) is 19.8 Å². The van der Waals surface area contributed by atoms with Crippen molar-refractivity contribution in [3.8, 4) is 5.75 Å². The van der Waals surface area contributed by atoms with Crippen LogP contribution in [0.25, 0.3) is 0 Å². The molecule has 0 spiro atoms. The largest absolute Gasteiger partial charge is 0.494 e. The third kappa shape index (κ3) is 4.09. The average Bonchev–Trinajstić information content (AvgIpc) is 2.80. The fourth-order valence-corrected chi connectivity index (χ4v) is 4.18. The number of thiophene rings is 1. The first kappa shape index (κ1) is 16.5. The van der Waals surface area contributed by atoms with E-state index in [0.29, 0.717) is 6.61 Å². The lowest BCUT2D eigenvalue weighted by molar-refractivity contribution is 0.333. The van der Waals surface area contributed by atoms with Crippen molar-refractivity contribution in [2.24, 2.45) is 0 Å². The molecule has 0 aliphatic heterocycles. The Balaban J connectivity index is 2.43. The van der Waals surface area contributed by atoms with Gasteiger partial charge in [-0.2, -0.15) is 0 Å². The van der Waals surface area contributed by atoms with E-state index < -0.39 is 0 Å². The van der Waals surface area contributed by atoms with Crippen LogP contribution in [0.5, 0.6) is 5.75 Å². The smallest absolute Gasteiger partial charge is 0.124 e. The highest BCUT2D eigenvalue weighted by atomic mass is 79.9. The molecule has 0 saturated carbocycles. The number of ether oxygens (including phenoxy) is 1. The van der Waals surface area contributed by atoms with Crippen molar-refractivity contribution in [1.82, 2.24) is 5.32 Å². The Morgan fingerprint density at radius 1 is 1.24 bits per heavy atom. The second-order valence-electron chi connectivity index (χ2n) is 4.92. The summed E-state index contributed by atoms with van der Waals surface area (Å²) in [5, 5.41) is 3.66. The minimum Gasteiger partial charge on any atom is -0.494 e. The van der Waals surface area contributed by atoms with Gasteiger partial charge in [-0.05, 0) is 60.4 Å². The molecule has 0 aliphatic rings. The van der Waals surface area contributed by atoms with E-state index in [1.807, 2.05) is 13.0 Å². The van der Waals surface area contributed by atoms with Gasteiger partial charge in [0.1, 0.15) is 5.75 Å². The predicted octanol–water partition coefficient (Wildman–Crippen LogP) is 5.31. The lowest BCUT2D eigenvalue weighted by atomic mass is 9.98. The SMILES string of the molecule is CCCNC(c1ccccc1OCC)c1cc(Br)sc1C. The summed E-state index contributed by atoms with van der Waals surface area (Å²) in [7, 11) is 0. The molecule has 0 amide bonds. The molecule has 1 unspecified atom stereocenters. The molecule has 0 saturated heterocycles. The van der Waals surface area contributed by atoms with Gasteiger partial charge in [-0.25, -0.2) is 0 Å². The first-order valence-corrected chi connectivity index (χ1v) is 8.99. The van der Waals surface area contributed by atoms with E-state index in [1.54, 1.807) is 11.3 Å². The third-order valence-corrected chi connectivity index (χ3v) is 4.93. The Hall–Kier alpha value is -0.840. The quantitative estimate of drug-likeness (QED) is 0.715. The molecule has 0 aliphatic carbocycles. The molecule has 2 aromatic rings. The van der Waals surface area contributed by atoms with E-state index in [0.717, 1.165) is 18.7 Å². The summed E-state index contributed by atoms with van der Waals surface area (Å²) in [4.78, 5) is 1.33. The van der Waals surface area contributed by atoms with Crippen LogP contribution in [0.15, 0.2) is 34.1 Å². The van der Waals surface area contributed by atoms with E-state index in [-0.39, 0.29) is 6.04 Å². The molecular weight excluding hydrogens is 346 g/mol. The molecule has 1 aromatic carbocycles. The molecule has 1 atom stereocenters. The van der Waals surface area contributed by atoms with Crippen LogP contribution in [0.2, 0.25) is 0 Å². The van der Waals surface area contributed by atoms with Gasteiger partial charge in [0.2, 0.25) is 0 Å². The van der Waals surface area contributed by atoms with Crippen LogP contribution in [0.4, 0.5) is 0 Å². The molecule has 1 heterocycles. The van der Waals surface area contributed by atoms with Crippen molar-refractivity contribution in [2.45, 2.75) is 33.2 Å². The number of benzene rings is 1. The highest BCUT2D eigenvalue weighted by molar-refractivity contribution is 9.11. The number of aryl methyl sites for hydroxylation is 1. The van der Waals surface area contributed by atoms with Crippen molar-refractivity contribution < 1.29 is 4.74 Å². The van der Waals surface area contributed by atoms with Crippen LogP contribution in [0.1, 0.15) is 42.3 Å². The molecule has 4 heteroatoms. The Bertz CT molecular complexity index is 582. The average molecular weight is 368 g/mol. The Morgan fingerprint density at radius 3 is 2.62 bits per heavy atom. The fraction of sp³-hybridized carbons (Fsp3) is 0.412. The number of rotatable bonds is 7. The van der Waals surface area contributed by atoms with E-state index in [2.05, 4.69) is 59.4 Å². The molecular formula is C17H22BrNOS.